The smallest absolute Gasteiger partial charge is 0.550 e. The van der Waals surface area contributed by atoms with Crippen LogP contribution in [0.4, 0.5) is 0 Å². The molecule has 0 rings (SSSR count). The van der Waals surface area contributed by atoms with E-state index in [4.69, 9.17) is 0 Å². The SMILES string of the molecule is CCCCC(CC)C(=O)[O-].CCCCC(CC)C(=O)[O-].CCCCC(CC)C(=O)[O-].[Ir+3]. The molecule has 0 saturated carbocycles. The van der Waals surface area contributed by atoms with E-state index in [0.717, 1.165) is 57.8 Å². The van der Waals surface area contributed by atoms with Gasteiger partial charge >= 0.3 is 20.1 Å². The summed E-state index contributed by atoms with van der Waals surface area (Å²) in [5, 5.41) is 31.0. The van der Waals surface area contributed by atoms with Crippen LogP contribution in [0.5, 0.6) is 0 Å². The first-order chi connectivity index (χ1) is 14.2. The van der Waals surface area contributed by atoms with Gasteiger partial charge in [0.25, 0.3) is 0 Å². The molecule has 3 unspecified atom stereocenters. The molecule has 0 radical (unpaired) electrons. The van der Waals surface area contributed by atoms with Crippen LogP contribution in [0, 0.1) is 17.8 Å². The molecule has 0 amide bonds. The Hall–Kier alpha value is -0.941. The van der Waals surface area contributed by atoms with E-state index in [1.165, 1.54) is 0 Å². The van der Waals surface area contributed by atoms with Gasteiger partial charge in [0, 0.05) is 17.9 Å². The van der Waals surface area contributed by atoms with Crippen molar-refractivity contribution in [1.82, 2.24) is 0 Å². The van der Waals surface area contributed by atoms with Crippen LogP contribution in [0.25, 0.3) is 0 Å². The second kappa shape index (κ2) is 27.1. The Morgan fingerprint density at radius 2 is 0.710 bits per heavy atom. The fourth-order valence-corrected chi connectivity index (χ4v) is 2.82. The van der Waals surface area contributed by atoms with E-state index in [9.17, 15) is 29.7 Å². The number of carbonyl (C=O) groups excluding carboxylic acids is 3. The van der Waals surface area contributed by atoms with Crippen LogP contribution in [0.15, 0.2) is 0 Å². The summed E-state index contributed by atoms with van der Waals surface area (Å²) in [6.07, 6.45) is 10.6. The summed E-state index contributed by atoms with van der Waals surface area (Å²) < 4.78 is 0. The number of hydrogen-bond acceptors (Lipinski definition) is 6. The topological polar surface area (TPSA) is 120 Å². The molecule has 0 saturated heterocycles. The first-order valence-electron chi connectivity index (χ1n) is 11.8. The molecule has 0 fully saturated rings. The number of hydrogen-bond donors (Lipinski definition) is 0. The minimum Gasteiger partial charge on any atom is -0.550 e. The summed E-state index contributed by atoms with van der Waals surface area (Å²) in [4.78, 5) is 31.0. The minimum atomic E-state index is -0.893. The molecular weight excluding hydrogens is 576 g/mol. The zero-order valence-corrected chi connectivity index (χ0v) is 22.9. The average molecular weight is 622 g/mol. The molecule has 0 aliphatic carbocycles. The Morgan fingerprint density at radius 1 is 0.516 bits per heavy atom. The van der Waals surface area contributed by atoms with Crippen LogP contribution in [0.1, 0.15) is 119 Å². The molecule has 0 spiro atoms. The number of carboxylic acids is 3. The second-order valence-electron chi connectivity index (χ2n) is 7.70. The van der Waals surface area contributed by atoms with E-state index in [1.807, 2.05) is 20.8 Å². The zero-order chi connectivity index (χ0) is 23.9. The van der Waals surface area contributed by atoms with Crippen molar-refractivity contribution in [2.45, 2.75) is 119 Å². The second-order valence-corrected chi connectivity index (χ2v) is 7.70. The summed E-state index contributed by atoms with van der Waals surface area (Å²) in [6, 6.07) is 0. The largest absolute Gasteiger partial charge is 3.00 e. The standard InChI is InChI=1S/3C8H16O2.Ir/c3*1-3-5-6-7(4-2)8(9)10;/h3*7H,3-6H2,1-2H3,(H,9,10);/q;;;+3/p-3. The summed E-state index contributed by atoms with van der Waals surface area (Å²) in [5.74, 6) is -3.34. The van der Waals surface area contributed by atoms with Crippen molar-refractivity contribution in [2.24, 2.45) is 17.8 Å². The van der Waals surface area contributed by atoms with Gasteiger partial charge in [-0.1, -0.05) is 80.1 Å². The van der Waals surface area contributed by atoms with Crippen molar-refractivity contribution in [1.29, 1.82) is 0 Å². The maximum absolute atomic E-state index is 10.3. The third kappa shape index (κ3) is 25.2. The molecule has 0 aliphatic heterocycles. The Kier molecular flexibility index (Phi) is 32.7. The Morgan fingerprint density at radius 3 is 0.806 bits per heavy atom. The molecular formula is C24H45IrO6. The van der Waals surface area contributed by atoms with Gasteiger partial charge in [0.1, 0.15) is 0 Å². The Bertz CT molecular complexity index is 366. The van der Waals surface area contributed by atoms with Gasteiger partial charge in [-0.3, -0.25) is 0 Å². The Labute approximate surface area is 203 Å². The number of unbranched alkanes of at least 4 members (excludes halogenated alkanes) is 3. The van der Waals surface area contributed by atoms with Crippen LogP contribution in [0.2, 0.25) is 0 Å². The quantitative estimate of drug-likeness (QED) is 0.277. The van der Waals surface area contributed by atoms with Gasteiger partial charge in [-0.15, -0.1) is 0 Å². The van der Waals surface area contributed by atoms with Crippen LogP contribution < -0.4 is 15.3 Å². The predicted molar refractivity (Wildman–Crippen MR) is 115 cm³/mol. The zero-order valence-electron chi connectivity index (χ0n) is 20.5. The Balaban J connectivity index is -0.000000174. The number of rotatable bonds is 15. The maximum atomic E-state index is 10.3. The van der Waals surface area contributed by atoms with Gasteiger partial charge in [0.2, 0.25) is 0 Å². The summed E-state index contributed by atoms with van der Waals surface area (Å²) in [6.45, 7) is 11.8. The summed E-state index contributed by atoms with van der Waals surface area (Å²) in [5.41, 5.74) is 0. The van der Waals surface area contributed by atoms with Crippen molar-refractivity contribution < 1.29 is 49.8 Å². The third-order valence-corrected chi connectivity index (χ3v) is 5.20. The van der Waals surface area contributed by atoms with Crippen molar-refractivity contribution in [3.8, 4) is 0 Å². The molecule has 0 aromatic heterocycles. The molecule has 6 nitrogen and oxygen atoms in total. The van der Waals surface area contributed by atoms with Gasteiger partial charge < -0.3 is 29.7 Å². The fraction of sp³-hybridized carbons (Fsp3) is 0.875. The normalized spacial score (nSPS) is 12.6. The van der Waals surface area contributed by atoms with Gasteiger partial charge in [0.15, 0.2) is 0 Å². The van der Waals surface area contributed by atoms with E-state index in [0.29, 0.717) is 19.3 Å². The van der Waals surface area contributed by atoms with E-state index in [-0.39, 0.29) is 37.9 Å². The summed E-state index contributed by atoms with van der Waals surface area (Å²) >= 11 is 0. The molecule has 0 aliphatic rings. The van der Waals surface area contributed by atoms with Gasteiger partial charge in [0.05, 0.1) is 0 Å². The molecule has 3 atom stereocenters. The van der Waals surface area contributed by atoms with Gasteiger partial charge in [-0.2, -0.15) is 0 Å². The molecule has 0 bridgehead atoms. The maximum Gasteiger partial charge on any atom is 3.00 e. The minimum absolute atomic E-state index is 0. The monoisotopic (exact) mass is 622 g/mol. The van der Waals surface area contributed by atoms with Crippen molar-refractivity contribution in [2.75, 3.05) is 0 Å². The predicted octanol–water partition coefficient (Wildman–Crippen LogP) is 2.86. The number of carboxylic acid groups (broad SMARTS) is 3. The number of carbonyl (C=O) groups is 3. The van der Waals surface area contributed by atoms with Crippen molar-refractivity contribution in [3.63, 3.8) is 0 Å². The van der Waals surface area contributed by atoms with Crippen LogP contribution in [0.3, 0.4) is 0 Å². The van der Waals surface area contributed by atoms with Crippen LogP contribution >= 0.6 is 0 Å². The molecule has 0 aromatic rings. The third-order valence-electron chi connectivity index (χ3n) is 5.20. The van der Waals surface area contributed by atoms with Crippen molar-refractivity contribution in [3.05, 3.63) is 0 Å². The average Bonchev–Trinajstić information content (AvgIpc) is 2.70. The van der Waals surface area contributed by atoms with Crippen molar-refractivity contribution >= 4 is 17.9 Å². The first-order valence-corrected chi connectivity index (χ1v) is 11.8. The van der Waals surface area contributed by atoms with Crippen LogP contribution in [-0.2, 0) is 34.5 Å². The molecule has 0 N–H and O–H groups in total. The van der Waals surface area contributed by atoms with E-state index in [2.05, 4.69) is 20.8 Å². The summed E-state index contributed by atoms with van der Waals surface area (Å²) in [7, 11) is 0. The molecule has 0 heterocycles. The van der Waals surface area contributed by atoms with Gasteiger partial charge in [-0.25, -0.2) is 0 Å². The van der Waals surface area contributed by atoms with E-state index >= 15 is 0 Å². The number of aliphatic carboxylic acids is 3. The molecule has 0 aromatic carbocycles. The first kappa shape index (κ1) is 37.4. The molecule has 7 heteroatoms. The van der Waals surface area contributed by atoms with E-state index in [1.54, 1.807) is 0 Å². The van der Waals surface area contributed by atoms with E-state index < -0.39 is 17.9 Å². The molecule has 186 valence electrons. The van der Waals surface area contributed by atoms with Crippen LogP contribution in [-0.4, -0.2) is 17.9 Å². The fourth-order valence-electron chi connectivity index (χ4n) is 2.82. The molecule has 31 heavy (non-hydrogen) atoms. The van der Waals surface area contributed by atoms with Gasteiger partial charge in [-0.05, 0) is 56.3 Å².